The summed E-state index contributed by atoms with van der Waals surface area (Å²) >= 11 is 0. The van der Waals surface area contributed by atoms with E-state index < -0.39 is 48.2 Å². The summed E-state index contributed by atoms with van der Waals surface area (Å²) in [5.74, 6) is -0.707. The molecule has 0 spiro atoms. The second-order valence-corrected chi connectivity index (χ2v) is 11.8. The van der Waals surface area contributed by atoms with E-state index in [4.69, 9.17) is 0 Å². The number of pyridine rings is 1. The maximum absolute atomic E-state index is 13.2. The minimum atomic E-state index is -5.61. The molecule has 200 valence electrons. The number of nitrogens with zero attached hydrogens (tertiary/aromatic N) is 3. The summed E-state index contributed by atoms with van der Waals surface area (Å²) in [7, 11) is -9.59. The standard InChI is InChI=1S/C23H19F3N4O6S2/c1-15-21(31)30(17-7-9-18(10-8-17)37(33,34)23(24,25)26)22(32)29(15)14-16-11-12-27-13-20(16)28-38(35,36)19-5-3-2-4-6-19/h2-13,15,28H,14H2,1H3. The predicted octanol–water partition coefficient (Wildman–Crippen LogP) is 3.53. The highest BCUT2D eigenvalue weighted by atomic mass is 32.2. The number of anilines is 2. The Morgan fingerprint density at radius 2 is 1.55 bits per heavy atom. The van der Waals surface area contributed by atoms with Gasteiger partial charge in [-0.05, 0) is 55.0 Å². The van der Waals surface area contributed by atoms with Crippen molar-refractivity contribution >= 4 is 43.2 Å². The number of hydrogen-bond donors (Lipinski definition) is 1. The topological polar surface area (TPSA) is 134 Å². The zero-order valence-electron chi connectivity index (χ0n) is 19.5. The second-order valence-electron chi connectivity index (χ2n) is 8.15. The number of urea groups is 1. The molecule has 0 bridgehead atoms. The first-order valence-corrected chi connectivity index (χ1v) is 13.8. The number of alkyl halides is 3. The summed E-state index contributed by atoms with van der Waals surface area (Å²) in [5.41, 5.74) is -5.25. The van der Waals surface area contributed by atoms with Crippen LogP contribution in [0.2, 0.25) is 0 Å². The number of imide groups is 1. The smallest absolute Gasteiger partial charge is 0.308 e. The van der Waals surface area contributed by atoms with E-state index in [9.17, 15) is 39.6 Å². The summed E-state index contributed by atoms with van der Waals surface area (Å²) < 4.78 is 89.7. The molecule has 1 N–H and O–H groups in total. The first-order valence-electron chi connectivity index (χ1n) is 10.8. The maximum atomic E-state index is 13.2. The van der Waals surface area contributed by atoms with Crippen LogP contribution in [-0.2, 0) is 31.2 Å². The van der Waals surface area contributed by atoms with Crippen molar-refractivity contribution in [1.29, 1.82) is 0 Å². The molecule has 1 aromatic heterocycles. The van der Waals surface area contributed by atoms with Gasteiger partial charge in [0.05, 0.1) is 33.9 Å². The van der Waals surface area contributed by atoms with Crippen molar-refractivity contribution in [2.24, 2.45) is 0 Å². The third-order valence-electron chi connectivity index (χ3n) is 5.74. The van der Waals surface area contributed by atoms with Gasteiger partial charge in [0, 0.05) is 6.20 Å². The molecule has 0 radical (unpaired) electrons. The number of benzene rings is 2. The molecule has 1 aliphatic heterocycles. The molecule has 1 aliphatic rings. The Hall–Kier alpha value is -3.98. The largest absolute Gasteiger partial charge is 0.501 e. The van der Waals surface area contributed by atoms with Crippen LogP contribution in [0.3, 0.4) is 0 Å². The van der Waals surface area contributed by atoms with Gasteiger partial charge >= 0.3 is 11.5 Å². The minimum absolute atomic E-state index is 0.00208. The van der Waals surface area contributed by atoms with Crippen LogP contribution in [0.15, 0.2) is 82.8 Å². The van der Waals surface area contributed by atoms with Gasteiger partial charge in [-0.15, -0.1) is 0 Å². The third kappa shape index (κ3) is 4.93. The Balaban J connectivity index is 1.59. The summed E-state index contributed by atoms with van der Waals surface area (Å²) in [5, 5.41) is 0. The van der Waals surface area contributed by atoms with Crippen LogP contribution in [0.1, 0.15) is 12.5 Å². The Morgan fingerprint density at radius 3 is 2.16 bits per heavy atom. The van der Waals surface area contributed by atoms with Gasteiger partial charge in [0.2, 0.25) is 0 Å². The third-order valence-corrected chi connectivity index (χ3v) is 8.63. The first kappa shape index (κ1) is 27.1. The fourth-order valence-corrected chi connectivity index (χ4v) is 5.57. The number of sulfone groups is 1. The molecule has 2 aromatic carbocycles. The number of nitrogens with one attached hydrogen (secondary N) is 1. The molecule has 10 nitrogen and oxygen atoms in total. The van der Waals surface area contributed by atoms with Gasteiger partial charge in [0.15, 0.2) is 0 Å². The van der Waals surface area contributed by atoms with E-state index in [1.165, 1.54) is 37.5 Å². The van der Waals surface area contributed by atoms with Gasteiger partial charge in [-0.3, -0.25) is 14.5 Å². The van der Waals surface area contributed by atoms with E-state index >= 15 is 0 Å². The Bertz CT molecular complexity index is 1600. The zero-order chi connectivity index (χ0) is 27.9. The molecule has 1 unspecified atom stereocenters. The molecule has 1 saturated heterocycles. The number of aromatic nitrogens is 1. The molecule has 2 heterocycles. The van der Waals surface area contributed by atoms with Gasteiger partial charge < -0.3 is 4.90 Å². The molecular weight excluding hydrogens is 549 g/mol. The highest BCUT2D eigenvalue weighted by Crippen LogP contribution is 2.33. The monoisotopic (exact) mass is 568 g/mol. The van der Waals surface area contributed by atoms with Crippen LogP contribution in [-0.4, -0.2) is 50.2 Å². The molecule has 0 aliphatic carbocycles. The van der Waals surface area contributed by atoms with Crippen LogP contribution < -0.4 is 9.62 Å². The van der Waals surface area contributed by atoms with E-state index in [2.05, 4.69) is 9.71 Å². The van der Waals surface area contributed by atoms with Crippen LogP contribution in [0, 0.1) is 0 Å². The van der Waals surface area contributed by atoms with E-state index in [-0.39, 0.29) is 22.8 Å². The molecular formula is C23H19F3N4O6S2. The molecule has 3 amide bonds. The van der Waals surface area contributed by atoms with Crippen LogP contribution in [0.25, 0.3) is 0 Å². The summed E-state index contributed by atoms with van der Waals surface area (Å²) in [6, 6.07) is 10.3. The number of carbonyl (C=O) groups excluding carboxylic acids is 2. The van der Waals surface area contributed by atoms with Crippen molar-refractivity contribution < 1.29 is 39.6 Å². The summed E-state index contributed by atoms with van der Waals surface area (Å²) in [6.45, 7) is 1.22. The van der Waals surface area contributed by atoms with Gasteiger partial charge in [0.25, 0.3) is 25.8 Å². The zero-order valence-corrected chi connectivity index (χ0v) is 21.1. The normalized spacial score (nSPS) is 16.7. The van der Waals surface area contributed by atoms with Crippen molar-refractivity contribution in [3.63, 3.8) is 0 Å². The van der Waals surface area contributed by atoms with Crippen molar-refractivity contribution in [1.82, 2.24) is 9.88 Å². The Morgan fingerprint density at radius 1 is 0.921 bits per heavy atom. The lowest BCUT2D eigenvalue weighted by Crippen LogP contribution is -2.33. The molecule has 0 saturated carbocycles. The Labute approximate surface area is 215 Å². The van der Waals surface area contributed by atoms with Crippen molar-refractivity contribution in [3.05, 3.63) is 78.6 Å². The Kier molecular flexibility index (Phi) is 6.92. The van der Waals surface area contributed by atoms with Gasteiger partial charge in [-0.1, -0.05) is 18.2 Å². The first-order chi connectivity index (χ1) is 17.7. The minimum Gasteiger partial charge on any atom is -0.308 e. The highest BCUT2D eigenvalue weighted by Gasteiger charge is 2.47. The molecule has 4 rings (SSSR count). The lowest BCUT2D eigenvalue weighted by atomic mass is 10.2. The highest BCUT2D eigenvalue weighted by molar-refractivity contribution is 7.92. The van der Waals surface area contributed by atoms with Crippen LogP contribution in [0.4, 0.5) is 29.3 Å². The van der Waals surface area contributed by atoms with Crippen LogP contribution in [0.5, 0.6) is 0 Å². The van der Waals surface area contributed by atoms with E-state index in [1.807, 2.05) is 0 Å². The molecule has 1 atom stereocenters. The molecule has 3 aromatic rings. The number of rotatable bonds is 7. The average molecular weight is 569 g/mol. The lowest BCUT2D eigenvalue weighted by molar-refractivity contribution is -0.119. The second kappa shape index (κ2) is 9.72. The number of halogens is 3. The number of amides is 3. The van der Waals surface area contributed by atoms with Crippen LogP contribution >= 0.6 is 0 Å². The van der Waals surface area contributed by atoms with Crippen molar-refractivity contribution in [2.45, 2.75) is 34.8 Å². The van der Waals surface area contributed by atoms with E-state index in [0.717, 1.165) is 17.0 Å². The van der Waals surface area contributed by atoms with E-state index in [1.54, 1.807) is 18.2 Å². The quantitative estimate of drug-likeness (QED) is 0.431. The number of carbonyl (C=O) groups is 2. The van der Waals surface area contributed by atoms with Crippen molar-refractivity contribution in [3.8, 4) is 0 Å². The average Bonchev–Trinajstić information content (AvgIpc) is 3.08. The van der Waals surface area contributed by atoms with E-state index in [0.29, 0.717) is 22.6 Å². The summed E-state index contributed by atoms with van der Waals surface area (Å²) in [6.07, 6.45) is 2.63. The van der Waals surface area contributed by atoms with Gasteiger partial charge in [-0.2, -0.15) is 13.2 Å². The van der Waals surface area contributed by atoms with Gasteiger partial charge in [-0.25, -0.2) is 26.5 Å². The lowest BCUT2D eigenvalue weighted by Gasteiger charge is -2.21. The molecule has 15 heteroatoms. The number of sulfonamides is 1. The molecule has 38 heavy (non-hydrogen) atoms. The SMILES string of the molecule is CC1C(=O)N(c2ccc(S(=O)(=O)C(F)(F)F)cc2)C(=O)N1Cc1ccncc1NS(=O)(=O)c1ccccc1. The summed E-state index contributed by atoms with van der Waals surface area (Å²) in [4.78, 5) is 30.8. The number of hydrogen-bond acceptors (Lipinski definition) is 7. The van der Waals surface area contributed by atoms with Gasteiger partial charge in [0.1, 0.15) is 6.04 Å². The fourth-order valence-electron chi connectivity index (χ4n) is 3.70. The molecule has 1 fully saturated rings. The maximum Gasteiger partial charge on any atom is 0.501 e. The predicted molar refractivity (Wildman–Crippen MR) is 129 cm³/mol. The van der Waals surface area contributed by atoms with Crippen molar-refractivity contribution in [2.75, 3.05) is 9.62 Å². The fraction of sp³-hybridized carbons (Fsp3) is 0.174.